The van der Waals surface area contributed by atoms with Crippen LogP contribution in [0.25, 0.3) is 0 Å². The Balaban J connectivity index is 2.12. The highest BCUT2D eigenvalue weighted by atomic mass is 79.9. The molecule has 0 saturated carbocycles. The first-order valence-corrected chi connectivity index (χ1v) is 36.7. The van der Waals surface area contributed by atoms with Crippen LogP contribution in [0.2, 0.25) is 72.5 Å². The molecule has 65 heavy (non-hydrogen) atoms. The molecule has 2 fully saturated rings. The van der Waals surface area contributed by atoms with Gasteiger partial charge in [0.1, 0.15) is 30.5 Å². The first-order valence-electron chi connectivity index (χ1n) is 24.6. The van der Waals surface area contributed by atoms with E-state index in [0.29, 0.717) is 29.5 Å². The maximum absolute atomic E-state index is 14.0. The first-order chi connectivity index (χ1) is 29.8. The molecule has 1 unspecified atom stereocenters. The van der Waals surface area contributed by atoms with Crippen molar-refractivity contribution in [1.29, 1.82) is 0 Å². The number of esters is 1. The fraction of sp³-hybridized carbons (Fsp3) is 0.765. The van der Waals surface area contributed by atoms with Crippen LogP contribution in [-0.4, -0.2) is 100 Å². The van der Waals surface area contributed by atoms with E-state index in [4.69, 9.17) is 31.9 Å². The molecule has 2 heterocycles. The van der Waals surface area contributed by atoms with E-state index in [9.17, 15) is 9.59 Å². The zero-order chi connectivity index (χ0) is 49.4. The topological polar surface area (TPSA) is 98.8 Å². The second kappa shape index (κ2) is 23.7. The van der Waals surface area contributed by atoms with Gasteiger partial charge in [0.2, 0.25) is 0 Å². The minimum Gasteiger partial charge on any atom is -0.458 e. The summed E-state index contributed by atoms with van der Waals surface area (Å²) in [6, 6.07) is 12.3. The molecule has 0 N–H and O–H groups in total. The second-order valence-electron chi connectivity index (χ2n) is 23.3. The number of carbonyl (C=O) groups excluding carboxylic acids is 2. The summed E-state index contributed by atoms with van der Waals surface area (Å²) >= 11 is 3.45. The maximum atomic E-state index is 14.0. The average molecular weight is 1040 g/mol. The van der Waals surface area contributed by atoms with E-state index in [1.165, 1.54) is 0 Å². The molecule has 2 saturated heterocycles. The van der Waals surface area contributed by atoms with Crippen LogP contribution in [-0.2, 0) is 36.7 Å². The summed E-state index contributed by atoms with van der Waals surface area (Å²) in [5, 5.41) is -0.315. The van der Waals surface area contributed by atoms with Gasteiger partial charge < -0.3 is 31.9 Å². The number of benzene rings is 1. The molecule has 2 aliphatic rings. The standard InChI is InChI=1S/C51H91BrO9Si4/c1-20-65(21-2,22-3)55-35-34-40-31-33-42-44(56-40)46(60-63(16,17)50(8,9)10)47(61-64(18,19)51(11,12)13)45(58-42)43(59-62(14,15)49(5,6)7)32-29-39(53)28-30-41(36-37(4)52)57-48(54)38-26-24-23-25-27-38/h23-27,29,32,40-47H,4,20-22,28,30-31,33-36H2,1-3,5-19H3/b32-29+/t40?,41-,42+,43+,44+,45+,46+,47-/m1/s1. The number of ketones is 1. The minimum atomic E-state index is -2.49. The van der Waals surface area contributed by atoms with E-state index in [1.54, 1.807) is 30.3 Å². The summed E-state index contributed by atoms with van der Waals surface area (Å²) in [5.74, 6) is -0.517. The quantitative estimate of drug-likeness (QED) is 0.0603. The lowest BCUT2D eigenvalue weighted by molar-refractivity contribution is -0.267. The van der Waals surface area contributed by atoms with Gasteiger partial charge in [-0.1, -0.05) is 130 Å². The van der Waals surface area contributed by atoms with Crippen molar-refractivity contribution in [3.05, 3.63) is 59.1 Å². The number of halogens is 1. The summed E-state index contributed by atoms with van der Waals surface area (Å²) in [6.45, 7) is 45.6. The van der Waals surface area contributed by atoms with Crippen LogP contribution in [0, 0.1) is 0 Å². The fourth-order valence-electron chi connectivity index (χ4n) is 7.79. The third-order valence-corrected chi connectivity index (χ3v) is 34.0. The summed E-state index contributed by atoms with van der Waals surface area (Å²) in [7, 11) is -9.15. The van der Waals surface area contributed by atoms with Crippen molar-refractivity contribution in [2.75, 3.05) is 6.61 Å². The fourth-order valence-corrected chi connectivity index (χ4v) is 14.7. The van der Waals surface area contributed by atoms with Crippen LogP contribution in [0.1, 0.15) is 132 Å². The highest BCUT2D eigenvalue weighted by Crippen LogP contribution is 2.47. The number of hydrogen-bond acceptors (Lipinski definition) is 9. The molecule has 8 atom stereocenters. The largest absolute Gasteiger partial charge is 0.458 e. The lowest BCUT2D eigenvalue weighted by Gasteiger charge is -2.56. The van der Waals surface area contributed by atoms with E-state index in [0.717, 1.165) is 37.4 Å². The van der Waals surface area contributed by atoms with Crippen molar-refractivity contribution in [1.82, 2.24) is 0 Å². The van der Waals surface area contributed by atoms with Crippen LogP contribution >= 0.6 is 15.9 Å². The van der Waals surface area contributed by atoms with E-state index in [-0.39, 0.29) is 45.6 Å². The van der Waals surface area contributed by atoms with Crippen molar-refractivity contribution in [3.8, 4) is 0 Å². The first kappa shape index (κ1) is 58.3. The molecular formula is C51H91BrO9Si4. The third-order valence-electron chi connectivity index (χ3n) is 15.5. The molecule has 0 aliphatic carbocycles. The molecule has 0 aromatic heterocycles. The Morgan fingerprint density at radius 2 is 1.34 bits per heavy atom. The Kier molecular flexibility index (Phi) is 21.2. The third kappa shape index (κ3) is 16.3. The van der Waals surface area contributed by atoms with Gasteiger partial charge in [0.15, 0.2) is 39.1 Å². The van der Waals surface area contributed by atoms with Crippen LogP contribution in [0.4, 0.5) is 0 Å². The average Bonchev–Trinajstić information content (AvgIpc) is 3.19. The molecule has 0 spiro atoms. The normalized spacial score (nSPS) is 23.8. The van der Waals surface area contributed by atoms with Crippen LogP contribution in [0.15, 0.2) is 53.5 Å². The van der Waals surface area contributed by atoms with Gasteiger partial charge in [0.25, 0.3) is 0 Å². The predicted octanol–water partition coefficient (Wildman–Crippen LogP) is 14.3. The van der Waals surface area contributed by atoms with Gasteiger partial charge in [-0.05, 0) is 121 Å². The van der Waals surface area contributed by atoms with Gasteiger partial charge >= 0.3 is 5.97 Å². The Morgan fingerprint density at radius 3 is 1.85 bits per heavy atom. The van der Waals surface area contributed by atoms with Gasteiger partial charge in [-0.15, -0.1) is 0 Å². The van der Waals surface area contributed by atoms with Gasteiger partial charge in [-0.3, -0.25) is 4.79 Å². The number of ether oxygens (including phenoxy) is 3. The van der Waals surface area contributed by atoms with Gasteiger partial charge in [-0.2, -0.15) is 0 Å². The number of carbonyl (C=O) groups is 2. The van der Waals surface area contributed by atoms with Gasteiger partial charge in [0, 0.05) is 19.4 Å². The minimum absolute atomic E-state index is 0.0157. The Bertz CT molecular complexity index is 1700. The van der Waals surface area contributed by atoms with Crippen molar-refractivity contribution in [2.24, 2.45) is 0 Å². The van der Waals surface area contributed by atoms with E-state index in [2.05, 4.69) is 145 Å². The monoisotopic (exact) mass is 1040 g/mol. The Hall–Kier alpha value is -1.05. The number of fused-ring (bicyclic) bond motifs is 1. The highest BCUT2D eigenvalue weighted by molar-refractivity contribution is 9.11. The lowest BCUT2D eigenvalue weighted by Crippen LogP contribution is -2.69. The maximum Gasteiger partial charge on any atom is 0.338 e. The number of hydrogen-bond donors (Lipinski definition) is 0. The highest BCUT2D eigenvalue weighted by Gasteiger charge is 2.58. The van der Waals surface area contributed by atoms with Gasteiger partial charge in [-0.25, -0.2) is 4.79 Å². The van der Waals surface area contributed by atoms with Crippen molar-refractivity contribution in [2.45, 2.75) is 243 Å². The number of rotatable bonds is 23. The number of allylic oxidation sites excluding steroid dienone is 1. The Labute approximate surface area is 408 Å². The van der Waals surface area contributed by atoms with Crippen molar-refractivity contribution < 1.29 is 41.5 Å². The zero-order valence-electron chi connectivity index (χ0n) is 44.0. The van der Waals surface area contributed by atoms with Crippen LogP contribution in [0.5, 0.6) is 0 Å². The molecule has 2 aliphatic heterocycles. The smallest absolute Gasteiger partial charge is 0.338 e. The molecule has 14 heteroatoms. The lowest BCUT2D eigenvalue weighted by atomic mass is 9.87. The van der Waals surface area contributed by atoms with Crippen LogP contribution in [0.3, 0.4) is 0 Å². The summed E-state index contributed by atoms with van der Waals surface area (Å²) < 4.78 is 50.6. The Morgan fingerprint density at radius 1 is 0.800 bits per heavy atom. The SMILES string of the molecule is C=C(Br)C[C@@H](CCC(=O)/C=C/[C@H](O[Si](C)(C)C(C)(C)C)[C@@H]1O[C@H]2CCC(CCO[Si](CC)(CC)CC)O[C@@H]2[C@H](O[Si](C)(C)C(C)(C)C)[C@@H]1O[Si](C)(C)C(C)(C)C)OC(=O)c1ccccc1. The molecule has 9 nitrogen and oxygen atoms in total. The second-order valence-corrected chi connectivity index (χ2v) is 43.5. The van der Waals surface area contributed by atoms with E-state index >= 15 is 0 Å². The molecule has 372 valence electrons. The molecule has 0 radical (unpaired) electrons. The molecular weight excluding hydrogens is 949 g/mol. The van der Waals surface area contributed by atoms with Crippen LogP contribution < -0.4 is 0 Å². The van der Waals surface area contributed by atoms with Crippen molar-refractivity contribution >= 4 is 61.0 Å². The zero-order valence-corrected chi connectivity index (χ0v) is 49.6. The van der Waals surface area contributed by atoms with E-state index in [1.807, 2.05) is 12.1 Å². The van der Waals surface area contributed by atoms with Gasteiger partial charge in [0.05, 0.1) is 23.9 Å². The molecule has 0 amide bonds. The molecule has 0 bridgehead atoms. The molecule has 1 aromatic rings. The summed E-state index contributed by atoms with van der Waals surface area (Å²) in [4.78, 5) is 27.1. The molecule has 1 aromatic carbocycles. The van der Waals surface area contributed by atoms with Crippen molar-refractivity contribution in [3.63, 3.8) is 0 Å². The molecule has 3 rings (SSSR count). The van der Waals surface area contributed by atoms with E-state index < -0.39 is 69.8 Å². The summed E-state index contributed by atoms with van der Waals surface area (Å²) in [5.41, 5.74) is 0.464. The predicted molar refractivity (Wildman–Crippen MR) is 282 cm³/mol. The summed E-state index contributed by atoms with van der Waals surface area (Å²) in [6.07, 6.45) is 3.69.